The standard InChI is InChI=1S/C92H148O48/c1-13-88(9,140-81-68(118)58(108)50(100)33(2)124-81)20-14-15-36(26-93)75(120)132-49-25-92(85(121)139-84-74(62(112)55(105)42(29-96)130-84)138-80-69(119)71(135-78-66(116)59(109)53(103)40(27-94)127-78)70(35(4)126-80)134-77-65(115)56(106)43(30-97)129-77)38(23-86(49,5)6)37-16-17-46-89(10)21-19-48(87(7,8)45(89)18-22-90(46,11)91(37,12)24-47(92)99)133-83-73(137-79-67(117)60(110)54(104)41(28-95)128-79)63(113)57(107)44(131-83)32-123-82-72(61(111)51(101)34(3)125-82)136-76-64(114)52(102)39(98)31-122-76/h13,15-16,33-35,38-74,76-84,93-119H,1,14,17-32H2,2-12H3/b36-15+/t33-,34-,35+,38+,39-,40-,41-,42-,43+,44-,45+,46-,47-,48+,49+,50-,51+,52+,53-,54-,55-,56+,57-,58+,59+,60+,61+,62+,63+,64-,65-,66-,67-,68-,69-,70+,71+,72-,73-,74-,76+,77+,78+,79+,80+,81+,82-,83+,84+,88-,89+,90-,91-,92-/m1/s1. The summed E-state index contributed by atoms with van der Waals surface area (Å²) < 4.78 is 116. The van der Waals surface area contributed by atoms with Crippen molar-refractivity contribution in [2.24, 2.45) is 50.2 Å². The van der Waals surface area contributed by atoms with Crippen LogP contribution in [0.3, 0.4) is 0 Å². The predicted octanol–water partition coefficient (Wildman–Crippen LogP) is -9.42. The van der Waals surface area contributed by atoms with Gasteiger partial charge in [-0.05, 0) is 125 Å². The van der Waals surface area contributed by atoms with Crippen LogP contribution in [0.5, 0.6) is 0 Å². The second-order valence-corrected chi connectivity index (χ2v) is 42.8. The van der Waals surface area contributed by atoms with Crippen molar-refractivity contribution in [3.63, 3.8) is 0 Å². The van der Waals surface area contributed by atoms with Crippen LogP contribution in [0.1, 0.15) is 140 Å². The van der Waals surface area contributed by atoms with Gasteiger partial charge in [0.05, 0.1) is 87.9 Å². The van der Waals surface area contributed by atoms with Gasteiger partial charge in [-0.3, -0.25) is 4.79 Å². The van der Waals surface area contributed by atoms with Crippen molar-refractivity contribution in [3.8, 4) is 0 Å². The molecular formula is C92H148O48. The van der Waals surface area contributed by atoms with Gasteiger partial charge in [-0.2, -0.15) is 0 Å². The maximum atomic E-state index is 16.8. The molecule has 5 aliphatic carbocycles. The van der Waals surface area contributed by atoms with Crippen molar-refractivity contribution in [2.75, 3.05) is 46.2 Å². The van der Waals surface area contributed by atoms with Crippen LogP contribution in [-0.2, 0) is 99.6 Å². The summed E-state index contributed by atoms with van der Waals surface area (Å²) in [6.07, 6.45) is -75.9. The van der Waals surface area contributed by atoms with Crippen molar-refractivity contribution in [2.45, 2.75) is 428 Å². The minimum absolute atomic E-state index is 0.00737. The molecule has 0 radical (unpaired) electrons. The molecule has 9 saturated heterocycles. The fourth-order valence-electron chi connectivity index (χ4n) is 24.5. The van der Waals surface area contributed by atoms with E-state index in [1.54, 1.807) is 20.8 Å². The van der Waals surface area contributed by atoms with Crippen LogP contribution in [-0.4, -0.2) is 484 Å². The Morgan fingerprint density at radius 2 is 0.900 bits per heavy atom. The van der Waals surface area contributed by atoms with Crippen molar-refractivity contribution < 1.29 is 237 Å². The number of esters is 2. The highest BCUT2D eigenvalue weighted by atomic mass is 16.8. The van der Waals surface area contributed by atoms with Gasteiger partial charge in [-0.25, -0.2) is 4.79 Å². The monoisotopic (exact) mass is 2020 g/mol. The van der Waals surface area contributed by atoms with Crippen LogP contribution in [0.15, 0.2) is 36.0 Å². The third-order valence-electron chi connectivity index (χ3n) is 33.6. The Hall–Kier alpha value is -3.60. The highest BCUT2D eigenvalue weighted by Crippen LogP contribution is 2.76. The van der Waals surface area contributed by atoms with Gasteiger partial charge in [0.2, 0.25) is 6.29 Å². The average Bonchev–Trinajstić information content (AvgIpc) is 0.714. The van der Waals surface area contributed by atoms with Crippen molar-refractivity contribution in [3.05, 3.63) is 36.0 Å². The first-order valence-electron chi connectivity index (χ1n) is 48.3. The second kappa shape index (κ2) is 43.8. The number of aliphatic hydroxyl groups excluding tert-OH is 27. The molecule has 804 valence electrons. The van der Waals surface area contributed by atoms with E-state index < -0.39 is 391 Å². The topological polar surface area (TPSA) is 756 Å². The van der Waals surface area contributed by atoms with Gasteiger partial charge < -0.3 is 228 Å². The number of ether oxygens (including phenoxy) is 19. The number of hydrogen-bond donors (Lipinski definition) is 27. The van der Waals surface area contributed by atoms with Crippen LogP contribution in [0.4, 0.5) is 0 Å². The van der Waals surface area contributed by atoms with Gasteiger partial charge in [0.15, 0.2) is 56.4 Å². The summed E-state index contributed by atoms with van der Waals surface area (Å²) in [5.74, 6) is -4.00. The summed E-state index contributed by atoms with van der Waals surface area (Å²) in [5, 5.41) is 302. The Morgan fingerprint density at radius 1 is 0.443 bits per heavy atom. The number of fused-ring (bicyclic) bond motifs is 7. The van der Waals surface area contributed by atoms with E-state index in [4.69, 9.17) is 90.0 Å². The molecule has 14 rings (SSSR count). The molecule has 9 heterocycles. The minimum atomic E-state index is -2.30. The molecule has 0 unspecified atom stereocenters. The lowest BCUT2D eigenvalue weighted by molar-refractivity contribution is -0.390. The Labute approximate surface area is 807 Å². The van der Waals surface area contributed by atoms with Crippen molar-refractivity contribution in [1.29, 1.82) is 0 Å². The largest absolute Gasteiger partial charge is 0.458 e. The van der Waals surface area contributed by atoms with Gasteiger partial charge in [0, 0.05) is 11.8 Å². The molecule has 0 amide bonds. The molecule has 0 spiro atoms. The van der Waals surface area contributed by atoms with Crippen molar-refractivity contribution >= 4 is 11.9 Å². The number of carbonyl (C=O) groups excluding carboxylic acids is 2. The van der Waals surface area contributed by atoms with Gasteiger partial charge in [-0.1, -0.05) is 72.3 Å². The molecule has 0 aromatic carbocycles. The molecule has 48 nitrogen and oxygen atoms in total. The van der Waals surface area contributed by atoms with Gasteiger partial charge in [-0.15, -0.1) is 6.58 Å². The fraction of sp³-hybridized carbons (Fsp3) is 0.913. The third-order valence-corrected chi connectivity index (χ3v) is 33.6. The molecule has 0 aromatic rings. The Balaban J connectivity index is 0.772. The Kier molecular flexibility index (Phi) is 35.0. The van der Waals surface area contributed by atoms with Gasteiger partial charge in [0.25, 0.3) is 0 Å². The fourth-order valence-corrected chi connectivity index (χ4v) is 24.5. The van der Waals surface area contributed by atoms with E-state index in [-0.39, 0.29) is 49.5 Å². The Morgan fingerprint density at radius 3 is 1.47 bits per heavy atom. The lowest BCUT2D eigenvalue weighted by Crippen LogP contribution is -2.70. The predicted molar refractivity (Wildman–Crippen MR) is 462 cm³/mol. The van der Waals surface area contributed by atoms with Crippen LogP contribution >= 0.6 is 0 Å². The van der Waals surface area contributed by atoms with E-state index in [9.17, 15) is 138 Å². The molecule has 140 heavy (non-hydrogen) atoms. The zero-order valence-corrected chi connectivity index (χ0v) is 79.9. The summed E-state index contributed by atoms with van der Waals surface area (Å²) in [6, 6.07) is 0. The van der Waals surface area contributed by atoms with E-state index in [1.807, 2.05) is 20.8 Å². The molecule has 14 aliphatic rings. The Bertz CT molecular complexity index is 4190. The summed E-state index contributed by atoms with van der Waals surface area (Å²) in [7, 11) is 0. The molecule has 27 N–H and O–H groups in total. The zero-order chi connectivity index (χ0) is 103. The molecular weight excluding hydrogens is 1870 g/mol. The number of allylic oxidation sites excluding steroid dienone is 3. The summed E-state index contributed by atoms with van der Waals surface area (Å²) in [5.41, 5.74) is -7.86. The minimum Gasteiger partial charge on any atom is -0.458 e. The maximum Gasteiger partial charge on any atom is 0.336 e. The molecule has 48 heteroatoms. The molecule has 9 aliphatic heterocycles. The highest BCUT2D eigenvalue weighted by molar-refractivity contribution is 5.89. The van der Waals surface area contributed by atoms with Crippen LogP contribution < -0.4 is 0 Å². The molecule has 0 bridgehead atoms. The first-order valence-corrected chi connectivity index (χ1v) is 48.3. The molecule has 0 aromatic heterocycles. The van der Waals surface area contributed by atoms with Crippen LogP contribution in [0.25, 0.3) is 0 Å². The normalized spacial score (nSPS) is 51.8. The summed E-state index contributed by atoms with van der Waals surface area (Å²) >= 11 is 0. The quantitative estimate of drug-likeness (QED) is 0.0137. The van der Waals surface area contributed by atoms with E-state index in [1.165, 1.54) is 32.9 Å². The lowest BCUT2D eigenvalue weighted by atomic mass is 9.33. The molecule has 4 saturated carbocycles. The van der Waals surface area contributed by atoms with E-state index in [2.05, 4.69) is 26.5 Å². The summed E-state index contributed by atoms with van der Waals surface area (Å²) in [6.45, 7) is 17.7. The number of carbonyl (C=O) groups is 2. The molecule has 54 atom stereocenters. The van der Waals surface area contributed by atoms with E-state index in [0.717, 1.165) is 0 Å². The van der Waals surface area contributed by atoms with E-state index in [0.29, 0.717) is 31.3 Å². The number of aliphatic hydroxyl groups is 27. The third kappa shape index (κ3) is 20.6. The number of rotatable bonds is 30. The highest BCUT2D eigenvalue weighted by Gasteiger charge is 2.74. The molecule has 13 fully saturated rings. The first kappa shape index (κ1) is 112. The smallest absolute Gasteiger partial charge is 0.336 e. The summed E-state index contributed by atoms with van der Waals surface area (Å²) in [4.78, 5) is 31.8. The van der Waals surface area contributed by atoms with Crippen LogP contribution in [0.2, 0.25) is 0 Å². The second-order valence-electron chi connectivity index (χ2n) is 42.8. The maximum absolute atomic E-state index is 16.8. The zero-order valence-electron chi connectivity index (χ0n) is 79.9. The van der Waals surface area contributed by atoms with Gasteiger partial charge >= 0.3 is 11.9 Å². The average molecular weight is 2020 g/mol. The van der Waals surface area contributed by atoms with E-state index >= 15 is 9.59 Å². The lowest BCUT2D eigenvalue weighted by Gasteiger charge is -2.72. The van der Waals surface area contributed by atoms with Gasteiger partial charge in [0.1, 0.15) is 195 Å². The first-order chi connectivity index (χ1) is 65.7. The SMILES string of the molecule is C=C[C@](C)(CC/C=C(\CO)C(=O)O[C@H]1C[C@]2(C(=O)O[C@@H]3O[C@H](CO)[C@@H](O)[C@H](O)[C@H]3O[C@@H]3O[C@@H](C)[C@H](O[C@@H]4O[C@@H](CO)[C@H](O)[C@H]4O)[C@@H](O[C@@H]4O[C@H](CO)[C@@H](O)[C@H](O)[C@H]4O)[C@H]3O)[C@H](O)C[C@]3(C)C(=CC[C@@H]4[C@@]5(C)CC[C@H](O[C@@H]6O[C@H](CO[C@@H]7O[C@H](C)[C@H](O)[C@H](O)[C@H]7O[C@@H]7OC[C@@H](O)[C@H](O)[C@H]7O)[C@@H](O)[C@H](O)[C@H]6O[C@@H]6O[C@H](CO)[C@@H](O)[C@H](O)[C@H]6O)C(C)(C)[C@@H]5CC[C@]43C)[C@@H]2CC1(C)C)O[C@@H]1O[C@H](C)[C@@H](O)[C@H](O)[C@H]1O. The number of hydrogen-bond acceptors (Lipinski definition) is 48. The van der Waals surface area contributed by atoms with Crippen molar-refractivity contribution in [1.82, 2.24) is 0 Å². The van der Waals surface area contributed by atoms with Crippen LogP contribution in [0, 0.1) is 50.2 Å².